The summed E-state index contributed by atoms with van der Waals surface area (Å²) in [4.78, 5) is 6.54. The van der Waals surface area contributed by atoms with E-state index in [0.29, 0.717) is 18.7 Å². The van der Waals surface area contributed by atoms with Crippen LogP contribution in [0.2, 0.25) is 0 Å². The lowest BCUT2D eigenvalue weighted by atomic mass is 9.98. The number of nitrogens with zero attached hydrogens (tertiary/aromatic N) is 5. The van der Waals surface area contributed by atoms with Gasteiger partial charge in [-0.2, -0.15) is 5.10 Å². The van der Waals surface area contributed by atoms with Gasteiger partial charge in [-0.1, -0.05) is 12.1 Å². The SMILES string of the molecule is CN(c1ccc(-c2ccc(-c3cn[nH]c3)c3ncsc23)nn1)[C@@H]1C[C@H]2CC(F)(F)[C@@H](C1)N2. The van der Waals surface area contributed by atoms with Crippen LogP contribution in [-0.2, 0) is 0 Å². The molecular weight excluding hydrogens is 432 g/mol. The predicted octanol–water partition coefficient (Wildman–Crippen LogP) is 4.11. The van der Waals surface area contributed by atoms with Crippen molar-refractivity contribution in [3.05, 3.63) is 42.2 Å². The number of rotatable bonds is 4. The van der Waals surface area contributed by atoms with Crippen molar-refractivity contribution in [2.45, 2.75) is 43.3 Å². The first-order valence-corrected chi connectivity index (χ1v) is 11.4. The number of hydrogen-bond acceptors (Lipinski definition) is 7. The molecule has 0 aliphatic carbocycles. The van der Waals surface area contributed by atoms with Crippen LogP contribution in [0.1, 0.15) is 19.3 Å². The molecule has 2 fully saturated rings. The van der Waals surface area contributed by atoms with Crippen LogP contribution in [-0.4, -0.2) is 56.5 Å². The van der Waals surface area contributed by atoms with Gasteiger partial charge in [-0.3, -0.25) is 5.10 Å². The lowest BCUT2D eigenvalue weighted by Crippen LogP contribution is -2.49. The van der Waals surface area contributed by atoms with E-state index in [1.807, 2.05) is 47.9 Å². The molecule has 1 aromatic carbocycles. The van der Waals surface area contributed by atoms with Crippen molar-refractivity contribution in [3.63, 3.8) is 0 Å². The summed E-state index contributed by atoms with van der Waals surface area (Å²) in [6.07, 6.45) is 4.64. The lowest BCUT2D eigenvalue weighted by Gasteiger charge is -2.36. The maximum Gasteiger partial charge on any atom is 0.264 e. The summed E-state index contributed by atoms with van der Waals surface area (Å²) >= 11 is 1.56. The van der Waals surface area contributed by atoms with E-state index in [-0.39, 0.29) is 18.5 Å². The van der Waals surface area contributed by atoms with Crippen molar-refractivity contribution in [2.75, 3.05) is 11.9 Å². The zero-order valence-electron chi connectivity index (χ0n) is 17.3. The number of anilines is 1. The largest absolute Gasteiger partial charge is 0.355 e. The number of H-pyrrole nitrogens is 1. The van der Waals surface area contributed by atoms with E-state index >= 15 is 0 Å². The van der Waals surface area contributed by atoms with Gasteiger partial charge in [-0.15, -0.1) is 21.5 Å². The van der Waals surface area contributed by atoms with Gasteiger partial charge in [0.2, 0.25) is 0 Å². The van der Waals surface area contributed by atoms with Crippen LogP contribution < -0.4 is 10.2 Å². The first-order valence-electron chi connectivity index (χ1n) is 10.6. The van der Waals surface area contributed by atoms with Crippen LogP contribution in [0.15, 0.2) is 42.2 Å². The van der Waals surface area contributed by atoms with Gasteiger partial charge in [-0.05, 0) is 25.0 Å². The molecule has 10 heteroatoms. The normalized spacial score (nSPS) is 24.2. The van der Waals surface area contributed by atoms with Crippen LogP contribution in [0.4, 0.5) is 14.6 Å². The van der Waals surface area contributed by atoms with Crippen LogP contribution in [0, 0.1) is 0 Å². The minimum absolute atomic E-state index is 0.0159. The Hall–Kier alpha value is -2.98. The van der Waals surface area contributed by atoms with Crippen molar-refractivity contribution in [2.24, 2.45) is 0 Å². The summed E-state index contributed by atoms with van der Waals surface area (Å²) in [5.74, 6) is -1.93. The van der Waals surface area contributed by atoms with E-state index in [1.165, 1.54) is 0 Å². The van der Waals surface area contributed by atoms with E-state index in [0.717, 1.165) is 32.6 Å². The topological polar surface area (TPSA) is 82.6 Å². The Labute approximate surface area is 186 Å². The molecule has 0 saturated carbocycles. The fraction of sp³-hybridized carbons (Fsp3) is 0.364. The second kappa shape index (κ2) is 7.28. The van der Waals surface area contributed by atoms with Gasteiger partial charge in [-0.25, -0.2) is 13.8 Å². The second-order valence-corrected chi connectivity index (χ2v) is 9.43. The van der Waals surface area contributed by atoms with Gasteiger partial charge < -0.3 is 10.2 Å². The molecule has 7 nitrogen and oxygen atoms in total. The molecule has 6 rings (SSSR count). The Morgan fingerprint density at radius 2 is 2.00 bits per heavy atom. The van der Waals surface area contributed by atoms with Gasteiger partial charge in [0.05, 0.1) is 33.7 Å². The Bertz CT molecular complexity index is 1260. The maximum atomic E-state index is 14.1. The van der Waals surface area contributed by atoms with E-state index < -0.39 is 12.0 Å². The number of hydrogen-bond donors (Lipinski definition) is 2. The molecule has 0 unspecified atom stereocenters. The van der Waals surface area contributed by atoms with E-state index in [4.69, 9.17) is 0 Å². The van der Waals surface area contributed by atoms with Crippen LogP contribution in [0.25, 0.3) is 32.6 Å². The summed E-state index contributed by atoms with van der Waals surface area (Å²) in [6.45, 7) is 0. The monoisotopic (exact) mass is 453 g/mol. The number of fused-ring (bicyclic) bond motifs is 3. The zero-order chi connectivity index (χ0) is 21.9. The van der Waals surface area contributed by atoms with E-state index in [1.54, 1.807) is 17.5 Å². The van der Waals surface area contributed by atoms with E-state index in [9.17, 15) is 8.78 Å². The van der Waals surface area contributed by atoms with E-state index in [2.05, 4.69) is 30.7 Å². The van der Waals surface area contributed by atoms with Gasteiger partial charge >= 0.3 is 0 Å². The van der Waals surface area contributed by atoms with Crippen molar-refractivity contribution in [1.29, 1.82) is 0 Å². The molecule has 32 heavy (non-hydrogen) atoms. The highest BCUT2D eigenvalue weighted by Crippen LogP contribution is 2.41. The summed E-state index contributed by atoms with van der Waals surface area (Å²) in [7, 11) is 1.92. The first kappa shape index (κ1) is 19.7. The summed E-state index contributed by atoms with van der Waals surface area (Å²) in [5.41, 5.74) is 6.46. The zero-order valence-corrected chi connectivity index (χ0v) is 18.1. The Morgan fingerprint density at radius 1 is 1.12 bits per heavy atom. The third kappa shape index (κ3) is 3.17. The molecule has 2 saturated heterocycles. The highest BCUT2D eigenvalue weighted by atomic mass is 32.1. The molecule has 0 radical (unpaired) electrons. The summed E-state index contributed by atoms with van der Waals surface area (Å²) in [6, 6.07) is 7.03. The first-order chi connectivity index (χ1) is 15.5. The third-order valence-electron chi connectivity index (χ3n) is 6.66. The molecular formula is C22H21F2N7S. The number of aromatic nitrogens is 5. The molecule has 3 aromatic heterocycles. The van der Waals surface area contributed by atoms with Gasteiger partial charge in [0.15, 0.2) is 5.82 Å². The highest BCUT2D eigenvalue weighted by molar-refractivity contribution is 7.17. The van der Waals surface area contributed by atoms with Crippen molar-refractivity contribution in [3.8, 4) is 22.4 Å². The van der Waals surface area contributed by atoms with Gasteiger partial charge in [0.1, 0.15) is 0 Å². The minimum atomic E-state index is -2.63. The van der Waals surface area contributed by atoms with Crippen LogP contribution >= 0.6 is 11.3 Å². The van der Waals surface area contributed by atoms with Crippen molar-refractivity contribution in [1.82, 2.24) is 30.7 Å². The average Bonchev–Trinajstić information content (AvgIpc) is 3.53. The van der Waals surface area contributed by atoms with Crippen LogP contribution in [0.5, 0.6) is 0 Å². The fourth-order valence-corrected chi connectivity index (χ4v) is 5.81. The molecule has 2 aliphatic rings. The molecule has 164 valence electrons. The second-order valence-electron chi connectivity index (χ2n) is 8.57. The van der Waals surface area contributed by atoms with Gasteiger partial charge in [0, 0.05) is 48.4 Å². The number of nitrogens with one attached hydrogen (secondary N) is 2. The van der Waals surface area contributed by atoms with Crippen LogP contribution in [0.3, 0.4) is 0 Å². The Morgan fingerprint density at radius 3 is 2.75 bits per heavy atom. The van der Waals surface area contributed by atoms with Gasteiger partial charge in [0.25, 0.3) is 5.92 Å². The number of aromatic amines is 1. The average molecular weight is 454 g/mol. The van der Waals surface area contributed by atoms with Crippen molar-refractivity contribution >= 4 is 27.4 Å². The van der Waals surface area contributed by atoms with Crippen molar-refractivity contribution < 1.29 is 8.78 Å². The molecule has 3 atom stereocenters. The fourth-order valence-electron chi connectivity index (χ4n) is 4.97. The maximum absolute atomic E-state index is 14.1. The summed E-state index contributed by atoms with van der Waals surface area (Å²) < 4.78 is 29.2. The molecule has 2 bridgehead atoms. The molecule has 0 spiro atoms. The number of benzene rings is 1. The number of piperidine rings is 1. The highest BCUT2D eigenvalue weighted by Gasteiger charge is 2.53. The minimum Gasteiger partial charge on any atom is -0.355 e. The Balaban J connectivity index is 1.27. The molecule has 0 amide bonds. The lowest BCUT2D eigenvalue weighted by molar-refractivity contribution is -0.0128. The number of thiazole rings is 1. The Kier molecular flexibility index (Phi) is 4.48. The summed E-state index contributed by atoms with van der Waals surface area (Å²) in [5, 5.41) is 18.8. The number of halogens is 2. The molecule has 2 aliphatic heterocycles. The molecule has 5 heterocycles. The quantitative estimate of drug-likeness (QED) is 0.484. The predicted molar refractivity (Wildman–Crippen MR) is 120 cm³/mol. The third-order valence-corrected chi connectivity index (χ3v) is 7.52. The standard InChI is InChI=1S/C22H21F2N7S/c1-31(14-6-13-8-22(23,24)18(7-14)28-13)19-5-4-17(29-30-19)16-3-2-15(12-9-26-27-10-12)20-21(16)32-11-25-20/h2-5,9-11,13-14,18,28H,6-8H2,1H3,(H,26,27)/t13-,14+,18+/m0/s1. The molecule has 2 N–H and O–H groups in total. The number of alkyl halides is 2. The molecule has 4 aromatic rings. The smallest absolute Gasteiger partial charge is 0.264 e.